The smallest absolute Gasteiger partial charge is 0.0222 e. The summed E-state index contributed by atoms with van der Waals surface area (Å²) in [5, 5.41) is 3.66. The van der Waals surface area contributed by atoms with Crippen molar-refractivity contribution in [3.63, 3.8) is 0 Å². The van der Waals surface area contributed by atoms with Crippen molar-refractivity contribution in [2.75, 3.05) is 6.54 Å². The molecule has 0 aliphatic heterocycles. The Morgan fingerprint density at radius 1 is 1.00 bits per heavy atom. The topological polar surface area (TPSA) is 38.0 Å². The lowest BCUT2D eigenvalue weighted by Crippen LogP contribution is -2.57. The van der Waals surface area contributed by atoms with Crippen LogP contribution in [0.4, 0.5) is 0 Å². The largest absolute Gasteiger partial charge is 0.326 e. The molecule has 96 valence electrons. The Morgan fingerprint density at radius 2 is 1.53 bits per heavy atom. The van der Waals surface area contributed by atoms with Crippen molar-refractivity contribution in [3.8, 4) is 0 Å². The molecule has 0 amide bonds. The van der Waals surface area contributed by atoms with Crippen LogP contribution >= 0.6 is 0 Å². The molecule has 0 aromatic carbocycles. The molecule has 5 rings (SSSR count). The van der Waals surface area contributed by atoms with Crippen LogP contribution in [-0.4, -0.2) is 18.6 Å². The minimum absolute atomic E-state index is 0.427. The lowest BCUT2D eigenvalue weighted by atomic mass is 9.48. The Balaban J connectivity index is 1.47. The molecule has 5 fully saturated rings. The SMILES string of the molecule is NC(CNC1CC1)C12CC3CC(CC(C3)C1)C2. The summed E-state index contributed by atoms with van der Waals surface area (Å²) in [5.41, 5.74) is 7.12. The van der Waals surface area contributed by atoms with Gasteiger partial charge in [0.25, 0.3) is 0 Å². The average molecular weight is 234 g/mol. The molecule has 0 aromatic heterocycles. The van der Waals surface area contributed by atoms with Gasteiger partial charge in [0, 0.05) is 18.6 Å². The van der Waals surface area contributed by atoms with Crippen LogP contribution in [0.2, 0.25) is 0 Å². The van der Waals surface area contributed by atoms with Gasteiger partial charge in [-0.3, -0.25) is 0 Å². The predicted octanol–water partition coefficient (Wildman–Crippen LogP) is 2.28. The molecular formula is C15H26N2. The van der Waals surface area contributed by atoms with Crippen molar-refractivity contribution in [1.29, 1.82) is 0 Å². The summed E-state index contributed by atoms with van der Waals surface area (Å²) in [6.07, 6.45) is 11.7. The highest BCUT2D eigenvalue weighted by atomic mass is 15.0. The molecule has 5 saturated carbocycles. The van der Waals surface area contributed by atoms with Crippen LogP contribution in [-0.2, 0) is 0 Å². The molecule has 0 radical (unpaired) electrons. The fourth-order valence-corrected chi connectivity index (χ4v) is 5.43. The van der Waals surface area contributed by atoms with Crippen molar-refractivity contribution < 1.29 is 0 Å². The van der Waals surface area contributed by atoms with E-state index in [0.29, 0.717) is 11.5 Å². The van der Waals surface area contributed by atoms with E-state index in [1.54, 1.807) is 0 Å². The Kier molecular flexibility index (Phi) is 2.36. The van der Waals surface area contributed by atoms with E-state index in [4.69, 9.17) is 5.73 Å². The van der Waals surface area contributed by atoms with E-state index in [1.807, 2.05) is 0 Å². The molecule has 1 unspecified atom stereocenters. The van der Waals surface area contributed by atoms with Gasteiger partial charge in [-0.1, -0.05) is 0 Å². The van der Waals surface area contributed by atoms with Crippen molar-refractivity contribution in [1.82, 2.24) is 5.32 Å². The Morgan fingerprint density at radius 3 is 2.00 bits per heavy atom. The van der Waals surface area contributed by atoms with Gasteiger partial charge in [0.05, 0.1) is 0 Å². The zero-order valence-corrected chi connectivity index (χ0v) is 10.8. The summed E-state index contributed by atoms with van der Waals surface area (Å²) < 4.78 is 0. The van der Waals surface area contributed by atoms with Crippen LogP contribution in [0.3, 0.4) is 0 Å². The molecule has 0 saturated heterocycles. The molecule has 1 atom stereocenters. The van der Waals surface area contributed by atoms with Crippen LogP contribution in [0, 0.1) is 23.2 Å². The minimum atomic E-state index is 0.427. The summed E-state index contributed by atoms with van der Waals surface area (Å²) in [5.74, 6) is 3.11. The molecule has 0 heterocycles. The van der Waals surface area contributed by atoms with Gasteiger partial charge in [-0.2, -0.15) is 0 Å². The first-order chi connectivity index (χ1) is 8.23. The first-order valence-electron chi connectivity index (χ1n) is 7.72. The third-order valence-electron chi connectivity index (χ3n) is 6.08. The molecule has 2 heteroatoms. The number of hydrogen-bond acceptors (Lipinski definition) is 2. The average Bonchev–Trinajstić information content (AvgIpc) is 3.07. The summed E-state index contributed by atoms with van der Waals surface area (Å²) in [7, 11) is 0. The van der Waals surface area contributed by atoms with E-state index in [9.17, 15) is 0 Å². The van der Waals surface area contributed by atoms with Gasteiger partial charge in [-0.15, -0.1) is 0 Å². The molecular weight excluding hydrogens is 208 g/mol. The zero-order chi connectivity index (χ0) is 11.5. The normalized spacial score (nSPS) is 49.6. The maximum Gasteiger partial charge on any atom is 0.0222 e. The summed E-state index contributed by atoms with van der Waals surface area (Å²) in [6, 6.07) is 1.24. The van der Waals surface area contributed by atoms with E-state index in [0.717, 1.165) is 30.3 Å². The standard InChI is InChI=1S/C15H26N2/c16-14(9-17-13-1-2-13)15-6-10-3-11(7-15)5-12(4-10)8-15/h10-14,17H,1-9,16H2. The predicted molar refractivity (Wildman–Crippen MR) is 69.6 cm³/mol. The van der Waals surface area contributed by atoms with Gasteiger partial charge in [0.15, 0.2) is 0 Å². The number of rotatable bonds is 4. The van der Waals surface area contributed by atoms with Gasteiger partial charge in [0.2, 0.25) is 0 Å². The Bertz CT molecular complexity index is 273. The highest BCUT2D eigenvalue weighted by Gasteiger charge is 2.53. The number of hydrogen-bond donors (Lipinski definition) is 2. The third kappa shape index (κ3) is 1.84. The Hall–Kier alpha value is -0.0800. The lowest BCUT2D eigenvalue weighted by Gasteiger charge is -2.59. The number of nitrogens with two attached hydrogens (primary N) is 1. The maximum atomic E-state index is 6.59. The molecule has 4 bridgehead atoms. The van der Waals surface area contributed by atoms with Crippen LogP contribution in [0.5, 0.6) is 0 Å². The summed E-state index contributed by atoms with van der Waals surface area (Å²) in [4.78, 5) is 0. The van der Waals surface area contributed by atoms with Crippen molar-refractivity contribution >= 4 is 0 Å². The van der Waals surface area contributed by atoms with Crippen LogP contribution in [0.15, 0.2) is 0 Å². The van der Waals surface area contributed by atoms with Crippen molar-refractivity contribution in [2.45, 2.75) is 63.5 Å². The second-order valence-electron chi connectivity index (χ2n) is 7.57. The molecule has 0 spiro atoms. The van der Waals surface area contributed by atoms with Crippen LogP contribution < -0.4 is 11.1 Å². The highest BCUT2D eigenvalue weighted by molar-refractivity contribution is 5.06. The van der Waals surface area contributed by atoms with E-state index in [1.165, 1.54) is 51.4 Å². The molecule has 5 aliphatic carbocycles. The zero-order valence-electron chi connectivity index (χ0n) is 10.8. The molecule has 3 N–H and O–H groups in total. The number of nitrogens with one attached hydrogen (secondary N) is 1. The van der Waals surface area contributed by atoms with Crippen LogP contribution in [0.25, 0.3) is 0 Å². The van der Waals surface area contributed by atoms with E-state index >= 15 is 0 Å². The van der Waals surface area contributed by atoms with E-state index in [-0.39, 0.29) is 0 Å². The van der Waals surface area contributed by atoms with Crippen molar-refractivity contribution in [2.24, 2.45) is 28.9 Å². The van der Waals surface area contributed by atoms with Crippen molar-refractivity contribution in [3.05, 3.63) is 0 Å². The monoisotopic (exact) mass is 234 g/mol. The minimum Gasteiger partial charge on any atom is -0.326 e. The fourth-order valence-electron chi connectivity index (χ4n) is 5.43. The highest BCUT2D eigenvalue weighted by Crippen LogP contribution is 2.60. The van der Waals surface area contributed by atoms with Gasteiger partial charge in [-0.05, 0) is 74.5 Å². The molecule has 0 aromatic rings. The van der Waals surface area contributed by atoms with E-state index in [2.05, 4.69) is 5.32 Å². The summed E-state index contributed by atoms with van der Waals surface area (Å²) in [6.45, 7) is 1.08. The van der Waals surface area contributed by atoms with Crippen LogP contribution in [0.1, 0.15) is 51.4 Å². The first-order valence-corrected chi connectivity index (χ1v) is 7.72. The summed E-state index contributed by atoms with van der Waals surface area (Å²) >= 11 is 0. The second-order valence-corrected chi connectivity index (χ2v) is 7.57. The molecule has 17 heavy (non-hydrogen) atoms. The van der Waals surface area contributed by atoms with Gasteiger partial charge in [-0.25, -0.2) is 0 Å². The second kappa shape index (κ2) is 3.71. The Labute approximate surface area is 105 Å². The van der Waals surface area contributed by atoms with Gasteiger partial charge in [0.1, 0.15) is 0 Å². The first kappa shape index (κ1) is 10.8. The quantitative estimate of drug-likeness (QED) is 0.783. The third-order valence-corrected chi connectivity index (χ3v) is 6.08. The fraction of sp³-hybridized carbons (Fsp3) is 1.00. The van der Waals surface area contributed by atoms with Gasteiger partial charge < -0.3 is 11.1 Å². The van der Waals surface area contributed by atoms with Gasteiger partial charge >= 0.3 is 0 Å². The maximum absolute atomic E-state index is 6.59. The molecule has 5 aliphatic rings. The lowest BCUT2D eigenvalue weighted by molar-refractivity contribution is -0.0665. The van der Waals surface area contributed by atoms with E-state index < -0.39 is 0 Å². The molecule has 2 nitrogen and oxygen atoms in total.